The van der Waals surface area contributed by atoms with Crippen molar-refractivity contribution >= 4 is 42.7 Å². The quantitative estimate of drug-likeness (QED) is 0.0280. The summed E-state index contributed by atoms with van der Waals surface area (Å²) < 4.78 is 31.4. The van der Waals surface area contributed by atoms with E-state index in [0.717, 1.165) is 55.9 Å². The molecule has 0 saturated heterocycles. The number of aldehydes is 3. The molecule has 0 saturated carbocycles. The highest BCUT2D eigenvalue weighted by Gasteiger charge is 2.27. The van der Waals surface area contributed by atoms with Gasteiger partial charge in [-0.25, -0.2) is 0 Å². The molecule has 19 nitrogen and oxygen atoms in total. The number of benzene rings is 5. The molecule has 0 radical (unpaired) electrons. The minimum absolute atomic E-state index is 0.0174. The Hall–Kier alpha value is -8.13. The summed E-state index contributed by atoms with van der Waals surface area (Å²) in [7, 11) is 0. The molecule has 0 aliphatic heterocycles. The summed E-state index contributed by atoms with van der Waals surface area (Å²) in [6.07, 6.45) is 7.25. The van der Waals surface area contributed by atoms with E-state index in [2.05, 4.69) is 38.1 Å². The van der Waals surface area contributed by atoms with Crippen LogP contribution in [0.1, 0.15) is 78.5 Å². The molecule has 4 N–H and O–H groups in total. The number of unbranched alkanes of at least 4 members (excludes halogenated alkanes) is 2. The van der Waals surface area contributed by atoms with E-state index in [9.17, 15) is 54.0 Å². The largest absolute Gasteiger partial charge is 0.489 e. The maximum absolute atomic E-state index is 12.2. The topological polar surface area (TPSA) is 256 Å². The molecule has 5 rings (SSSR count). The Morgan fingerprint density at radius 2 is 0.963 bits per heavy atom. The highest BCUT2D eigenvalue weighted by Crippen LogP contribution is 2.29. The van der Waals surface area contributed by atoms with Crippen molar-refractivity contribution in [1.29, 1.82) is 0 Å². The van der Waals surface area contributed by atoms with Crippen LogP contribution in [0.15, 0.2) is 109 Å². The molecule has 0 amide bonds. The van der Waals surface area contributed by atoms with Crippen LogP contribution in [0.25, 0.3) is 0 Å². The SMILES string of the molecule is CCCCc1ccc(COc2ccc(OCC(COc3ccc(OCc4ccc(CCCC)cc4)cc3CC(=O)O)Oc3ccc(CC(CN(CCN(CC=O)CC=O)CC(=O)O)N(CC(=O)O)CC(=O)O)cc3)c(CC=O)c2)cc1. The second-order valence-corrected chi connectivity index (χ2v) is 19.7. The fourth-order valence-electron chi connectivity index (χ4n) is 8.92. The number of hydrogen-bond donors (Lipinski definition) is 4. The summed E-state index contributed by atoms with van der Waals surface area (Å²) in [5, 5.41) is 39.4. The number of rotatable bonds is 42. The van der Waals surface area contributed by atoms with E-state index in [1.54, 1.807) is 60.7 Å². The number of carboxylic acids is 4. The van der Waals surface area contributed by atoms with Crippen molar-refractivity contribution in [1.82, 2.24) is 14.7 Å². The molecule has 81 heavy (non-hydrogen) atoms. The summed E-state index contributed by atoms with van der Waals surface area (Å²) in [4.78, 5) is 87.1. The van der Waals surface area contributed by atoms with Gasteiger partial charge >= 0.3 is 23.9 Å². The van der Waals surface area contributed by atoms with Gasteiger partial charge in [0.25, 0.3) is 0 Å². The number of aryl methyl sites for hydroxylation is 2. The Balaban J connectivity index is 1.39. The number of nitrogens with zero attached hydrogens (tertiary/aromatic N) is 3. The van der Waals surface area contributed by atoms with Crippen LogP contribution < -0.4 is 23.7 Å². The van der Waals surface area contributed by atoms with Gasteiger partial charge in [0.2, 0.25) is 0 Å². The molecule has 2 atom stereocenters. The first-order valence-electron chi connectivity index (χ1n) is 27.2. The maximum atomic E-state index is 12.2. The van der Waals surface area contributed by atoms with Crippen LogP contribution in [0.3, 0.4) is 0 Å². The molecule has 0 fully saturated rings. The van der Waals surface area contributed by atoms with E-state index in [4.69, 9.17) is 23.7 Å². The zero-order valence-electron chi connectivity index (χ0n) is 46.2. The van der Waals surface area contributed by atoms with Crippen LogP contribution in [0.2, 0.25) is 0 Å². The summed E-state index contributed by atoms with van der Waals surface area (Å²) >= 11 is 0. The van der Waals surface area contributed by atoms with Gasteiger partial charge in [-0.05, 0) is 108 Å². The lowest BCUT2D eigenvalue weighted by Gasteiger charge is -2.34. The van der Waals surface area contributed by atoms with E-state index in [1.807, 2.05) is 24.3 Å². The number of carboxylic acid groups (broad SMARTS) is 4. The predicted octanol–water partition coefficient (Wildman–Crippen LogP) is 7.27. The molecule has 19 heteroatoms. The lowest BCUT2D eigenvalue weighted by atomic mass is 10.0. The number of carbonyl (C=O) groups is 7. The number of ether oxygens (including phenoxy) is 5. The minimum Gasteiger partial charge on any atom is -0.489 e. The smallest absolute Gasteiger partial charge is 0.317 e. The van der Waals surface area contributed by atoms with Gasteiger partial charge in [0.05, 0.1) is 39.1 Å². The lowest BCUT2D eigenvalue weighted by Crippen LogP contribution is -2.51. The fourth-order valence-corrected chi connectivity index (χ4v) is 8.92. The Morgan fingerprint density at radius 1 is 0.506 bits per heavy atom. The molecule has 5 aromatic carbocycles. The Kier molecular flexibility index (Phi) is 27.4. The molecular formula is C62H75N3O16. The van der Waals surface area contributed by atoms with Gasteiger partial charge in [0, 0.05) is 43.2 Å². The van der Waals surface area contributed by atoms with Crippen molar-refractivity contribution in [3.8, 4) is 28.7 Å². The number of hydrogen-bond acceptors (Lipinski definition) is 15. The monoisotopic (exact) mass is 1120 g/mol. The minimum atomic E-state index is -1.30. The van der Waals surface area contributed by atoms with Crippen LogP contribution in [-0.4, -0.2) is 156 Å². The van der Waals surface area contributed by atoms with Crippen LogP contribution in [0.5, 0.6) is 28.7 Å². The van der Waals surface area contributed by atoms with Gasteiger partial charge in [-0.15, -0.1) is 0 Å². The number of aliphatic carboxylic acids is 4. The lowest BCUT2D eigenvalue weighted by molar-refractivity contribution is -0.144. The average Bonchev–Trinajstić information content (AvgIpc) is 3.45. The van der Waals surface area contributed by atoms with Crippen LogP contribution in [0.4, 0.5) is 0 Å². The molecular weight excluding hydrogens is 1040 g/mol. The molecule has 434 valence electrons. The van der Waals surface area contributed by atoms with Crippen molar-refractivity contribution in [3.63, 3.8) is 0 Å². The second kappa shape index (κ2) is 34.8. The summed E-state index contributed by atoms with van der Waals surface area (Å²) in [5.41, 5.74) is 5.97. The third kappa shape index (κ3) is 23.6. The number of carbonyl (C=O) groups excluding carboxylic acids is 3. The van der Waals surface area contributed by atoms with E-state index in [-0.39, 0.29) is 77.6 Å². The van der Waals surface area contributed by atoms with Crippen molar-refractivity contribution in [3.05, 3.63) is 148 Å². The molecule has 0 aromatic heterocycles. The standard InChI is InChI=1S/C62H75N3O16/c1-3-5-7-45-9-13-48(14-10-45)41-77-54-21-23-57(50(34-54)25-30-66)79-43-56(44-80-58-24-22-55(35-51(58)36-59(69)70)78-42-49-15-11-46(12-16-49)8-6-4-2)81-53-19-17-47(18-20-53)33-52(65(39-61(73)74)40-62(75)76)37-64(38-60(71)72)27-26-63(28-31-67)29-32-68/h9-24,30-32,34-35,52,56H,3-8,25-29,33,36-44H2,1-2H3,(H,69,70)(H,71,72)(H,73,74)(H,75,76). The fraction of sp³-hybridized carbons (Fsp3) is 0.403. The van der Waals surface area contributed by atoms with Crippen molar-refractivity contribution in [2.24, 2.45) is 0 Å². The second-order valence-electron chi connectivity index (χ2n) is 19.7. The van der Waals surface area contributed by atoms with Gasteiger partial charge in [-0.3, -0.25) is 33.9 Å². The molecule has 5 aromatic rings. The van der Waals surface area contributed by atoms with Crippen LogP contribution >= 0.6 is 0 Å². The van der Waals surface area contributed by atoms with E-state index in [0.29, 0.717) is 58.9 Å². The summed E-state index contributed by atoms with van der Waals surface area (Å²) in [6, 6.07) is 32.4. The molecule has 0 aliphatic carbocycles. The van der Waals surface area contributed by atoms with Gasteiger partial charge in [0.1, 0.15) is 74.0 Å². The zero-order chi connectivity index (χ0) is 58.4. The Labute approximate surface area is 472 Å². The Morgan fingerprint density at radius 3 is 1.43 bits per heavy atom. The normalized spacial score (nSPS) is 11.9. The maximum Gasteiger partial charge on any atom is 0.317 e. The average molecular weight is 1120 g/mol. The first-order chi connectivity index (χ1) is 39.2. The Bertz CT molecular complexity index is 2750. The molecule has 2 unspecified atom stereocenters. The summed E-state index contributed by atoms with van der Waals surface area (Å²) in [5.74, 6) is -2.91. The first kappa shape index (κ1) is 63.7. The molecule has 0 heterocycles. The zero-order valence-corrected chi connectivity index (χ0v) is 46.2. The summed E-state index contributed by atoms with van der Waals surface area (Å²) in [6.45, 7) is 2.70. The van der Waals surface area contributed by atoms with E-state index >= 15 is 0 Å². The molecule has 0 spiro atoms. The van der Waals surface area contributed by atoms with Gasteiger partial charge in [-0.1, -0.05) is 87.4 Å². The van der Waals surface area contributed by atoms with Gasteiger partial charge < -0.3 is 58.5 Å². The van der Waals surface area contributed by atoms with Crippen LogP contribution in [-0.2, 0) is 78.9 Å². The van der Waals surface area contributed by atoms with Crippen molar-refractivity contribution < 1.29 is 77.7 Å². The predicted molar refractivity (Wildman–Crippen MR) is 302 cm³/mol. The molecule has 0 aliphatic rings. The van der Waals surface area contributed by atoms with Crippen LogP contribution in [0, 0.1) is 0 Å². The van der Waals surface area contributed by atoms with Crippen molar-refractivity contribution in [2.45, 2.75) is 97.0 Å². The molecule has 0 bridgehead atoms. The highest BCUT2D eigenvalue weighted by atomic mass is 16.6. The third-order valence-corrected chi connectivity index (χ3v) is 13.2. The van der Waals surface area contributed by atoms with E-state index < -0.39 is 55.7 Å². The van der Waals surface area contributed by atoms with Gasteiger partial charge in [-0.2, -0.15) is 0 Å². The first-order valence-corrected chi connectivity index (χ1v) is 27.2. The third-order valence-electron chi connectivity index (χ3n) is 13.2. The van der Waals surface area contributed by atoms with Gasteiger partial charge in [0.15, 0.2) is 6.10 Å². The highest BCUT2D eigenvalue weighted by molar-refractivity contribution is 5.73. The van der Waals surface area contributed by atoms with Crippen molar-refractivity contribution in [2.75, 3.05) is 65.6 Å². The van der Waals surface area contributed by atoms with E-state index in [1.165, 1.54) is 25.8 Å².